The molecule has 1 aromatic rings. The van der Waals surface area contributed by atoms with Crippen LogP contribution in [0.5, 0.6) is 0 Å². The molecule has 0 aromatic heterocycles. The first kappa shape index (κ1) is 12.2. The molecular weight excluding hydrogens is 208 g/mol. The van der Waals surface area contributed by atoms with Gasteiger partial charge in [-0.25, -0.2) is 4.79 Å². The molecule has 0 heterocycles. The van der Waals surface area contributed by atoms with Gasteiger partial charge in [0.1, 0.15) is 6.04 Å². The zero-order valence-electron chi connectivity index (χ0n) is 8.72. The fourth-order valence-electron chi connectivity index (χ4n) is 1.25. The van der Waals surface area contributed by atoms with E-state index in [0.717, 1.165) is 5.56 Å². The van der Waals surface area contributed by atoms with Crippen LogP contribution in [0.25, 0.3) is 0 Å². The summed E-state index contributed by atoms with van der Waals surface area (Å²) >= 11 is 0. The van der Waals surface area contributed by atoms with Crippen molar-refractivity contribution in [2.24, 2.45) is 5.73 Å². The third-order valence-electron chi connectivity index (χ3n) is 2.08. The van der Waals surface area contributed by atoms with E-state index in [0.29, 0.717) is 0 Å². The summed E-state index contributed by atoms with van der Waals surface area (Å²) in [6, 6.07) is 8.08. The van der Waals surface area contributed by atoms with Gasteiger partial charge in [0.15, 0.2) is 0 Å². The van der Waals surface area contributed by atoms with E-state index in [4.69, 9.17) is 10.8 Å². The number of carboxylic acids is 1. The Labute approximate surface area is 93.3 Å². The first-order valence-electron chi connectivity index (χ1n) is 4.89. The second-order valence-corrected chi connectivity index (χ2v) is 3.36. The van der Waals surface area contributed by atoms with Gasteiger partial charge in [-0.3, -0.25) is 4.79 Å². The molecule has 0 unspecified atom stereocenters. The Balaban J connectivity index is 2.50. The topological polar surface area (TPSA) is 92.4 Å². The molecule has 1 aromatic carbocycles. The Morgan fingerprint density at radius 2 is 1.94 bits per heavy atom. The SMILES string of the molecule is NC[C@H](NC(=O)Cc1ccccc1)C(=O)O. The number of carbonyl (C=O) groups is 2. The average molecular weight is 222 g/mol. The minimum absolute atomic E-state index is 0.115. The molecule has 5 nitrogen and oxygen atoms in total. The molecule has 86 valence electrons. The van der Waals surface area contributed by atoms with Gasteiger partial charge in [-0.2, -0.15) is 0 Å². The molecule has 0 fully saturated rings. The van der Waals surface area contributed by atoms with E-state index >= 15 is 0 Å². The number of nitrogens with one attached hydrogen (secondary N) is 1. The number of benzene rings is 1. The smallest absolute Gasteiger partial charge is 0.327 e. The van der Waals surface area contributed by atoms with Gasteiger partial charge < -0.3 is 16.2 Å². The lowest BCUT2D eigenvalue weighted by Gasteiger charge is -2.11. The highest BCUT2D eigenvalue weighted by Crippen LogP contribution is 1.99. The molecule has 0 spiro atoms. The number of carboxylic acid groups (broad SMARTS) is 1. The predicted molar refractivity (Wildman–Crippen MR) is 58.8 cm³/mol. The average Bonchev–Trinajstić information content (AvgIpc) is 2.27. The summed E-state index contributed by atoms with van der Waals surface area (Å²) in [7, 11) is 0. The van der Waals surface area contributed by atoms with Crippen LogP contribution in [0.3, 0.4) is 0 Å². The molecule has 1 atom stereocenters. The largest absolute Gasteiger partial charge is 0.480 e. The molecule has 16 heavy (non-hydrogen) atoms. The predicted octanol–water partition coefficient (Wildman–Crippen LogP) is -0.243. The van der Waals surface area contributed by atoms with Crippen LogP contribution in [-0.2, 0) is 16.0 Å². The van der Waals surface area contributed by atoms with Crippen molar-refractivity contribution >= 4 is 11.9 Å². The summed E-state index contributed by atoms with van der Waals surface area (Å²) in [5.74, 6) is -1.46. The molecule has 4 N–H and O–H groups in total. The van der Waals surface area contributed by atoms with Crippen LogP contribution in [0.1, 0.15) is 5.56 Å². The quantitative estimate of drug-likeness (QED) is 0.641. The van der Waals surface area contributed by atoms with Crippen molar-refractivity contribution < 1.29 is 14.7 Å². The highest BCUT2D eigenvalue weighted by molar-refractivity contribution is 5.84. The first-order chi connectivity index (χ1) is 7.63. The lowest BCUT2D eigenvalue weighted by atomic mass is 10.1. The third kappa shape index (κ3) is 3.70. The number of hydrogen-bond donors (Lipinski definition) is 3. The Morgan fingerprint density at radius 3 is 2.44 bits per heavy atom. The molecule has 0 saturated heterocycles. The zero-order valence-corrected chi connectivity index (χ0v) is 8.72. The summed E-state index contributed by atoms with van der Waals surface area (Å²) < 4.78 is 0. The molecule has 5 heteroatoms. The van der Waals surface area contributed by atoms with Crippen LogP contribution in [0.15, 0.2) is 30.3 Å². The van der Waals surface area contributed by atoms with Crippen molar-refractivity contribution in [3.63, 3.8) is 0 Å². The fourth-order valence-corrected chi connectivity index (χ4v) is 1.25. The molecule has 0 radical (unpaired) electrons. The van der Waals surface area contributed by atoms with Gasteiger partial charge in [-0.15, -0.1) is 0 Å². The minimum Gasteiger partial charge on any atom is -0.480 e. The van der Waals surface area contributed by atoms with E-state index in [2.05, 4.69) is 5.32 Å². The van der Waals surface area contributed by atoms with E-state index in [1.54, 1.807) is 12.1 Å². The monoisotopic (exact) mass is 222 g/mol. The van der Waals surface area contributed by atoms with E-state index < -0.39 is 12.0 Å². The van der Waals surface area contributed by atoms with E-state index in [1.165, 1.54) is 0 Å². The van der Waals surface area contributed by atoms with Gasteiger partial charge in [0.25, 0.3) is 0 Å². The van der Waals surface area contributed by atoms with Crippen molar-refractivity contribution in [3.8, 4) is 0 Å². The maximum atomic E-state index is 11.5. The maximum absolute atomic E-state index is 11.5. The second kappa shape index (κ2) is 5.87. The Morgan fingerprint density at radius 1 is 1.31 bits per heavy atom. The van der Waals surface area contributed by atoms with E-state index in [-0.39, 0.29) is 18.9 Å². The summed E-state index contributed by atoms with van der Waals surface area (Å²) in [5, 5.41) is 11.0. The second-order valence-electron chi connectivity index (χ2n) is 3.36. The number of rotatable bonds is 5. The van der Waals surface area contributed by atoms with Gasteiger partial charge in [-0.05, 0) is 5.56 Å². The van der Waals surface area contributed by atoms with Crippen LogP contribution in [-0.4, -0.2) is 29.6 Å². The summed E-state index contributed by atoms with van der Waals surface area (Å²) in [6.45, 7) is -0.115. The Hall–Kier alpha value is -1.88. The normalized spacial score (nSPS) is 11.8. The van der Waals surface area contributed by atoms with Gasteiger partial charge >= 0.3 is 5.97 Å². The summed E-state index contributed by atoms with van der Waals surface area (Å²) in [4.78, 5) is 22.1. The third-order valence-corrected chi connectivity index (χ3v) is 2.08. The molecule has 0 aliphatic rings. The van der Waals surface area contributed by atoms with Crippen molar-refractivity contribution in [1.29, 1.82) is 0 Å². The van der Waals surface area contributed by atoms with Crippen LogP contribution < -0.4 is 11.1 Å². The highest BCUT2D eigenvalue weighted by atomic mass is 16.4. The van der Waals surface area contributed by atoms with Crippen LogP contribution in [0, 0.1) is 0 Å². The first-order valence-corrected chi connectivity index (χ1v) is 4.89. The van der Waals surface area contributed by atoms with E-state index in [9.17, 15) is 9.59 Å². The lowest BCUT2D eigenvalue weighted by Crippen LogP contribution is -2.46. The molecule has 1 rings (SSSR count). The maximum Gasteiger partial charge on any atom is 0.327 e. The fraction of sp³-hybridized carbons (Fsp3) is 0.273. The number of amides is 1. The van der Waals surface area contributed by atoms with Crippen molar-refractivity contribution in [1.82, 2.24) is 5.32 Å². The van der Waals surface area contributed by atoms with Crippen LogP contribution >= 0.6 is 0 Å². The standard InChI is InChI=1S/C11H14N2O3/c12-7-9(11(15)16)13-10(14)6-8-4-2-1-3-5-8/h1-5,9H,6-7,12H2,(H,13,14)(H,15,16)/t9-/m0/s1. The lowest BCUT2D eigenvalue weighted by molar-refractivity contribution is -0.141. The highest BCUT2D eigenvalue weighted by Gasteiger charge is 2.17. The summed E-state index contributed by atoms with van der Waals surface area (Å²) in [6.07, 6.45) is 0.157. The molecular formula is C11H14N2O3. The Bertz CT molecular complexity index is 365. The van der Waals surface area contributed by atoms with Gasteiger partial charge in [0.05, 0.1) is 6.42 Å². The van der Waals surface area contributed by atoms with Crippen molar-refractivity contribution in [2.45, 2.75) is 12.5 Å². The van der Waals surface area contributed by atoms with Gasteiger partial charge in [-0.1, -0.05) is 30.3 Å². The number of carbonyl (C=O) groups excluding carboxylic acids is 1. The zero-order chi connectivity index (χ0) is 12.0. The molecule has 0 saturated carbocycles. The van der Waals surface area contributed by atoms with Crippen LogP contribution in [0.4, 0.5) is 0 Å². The van der Waals surface area contributed by atoms with Crippen molar-refractivity contribution in [2.75, 3.05) is 6.54 Å². The number of nitrogens with two attached hydrogens (primary N) is 1. The Kier molecular flexibility index (Phi) is 4.47. The van der Waals surface area contributed by atoms with Crippen molar-refractivity contribution in [3.05, 3.63) is 35.9 Å². The molecule has 1 amide bonds. The minimum atomic E-state index is -1.12. The number of aliphatic carboxylic acids is 1. The number of hydrogen-bond acceptors (Lipinski definition) is 3. The molecule has 0 bridgehead atoms. The molecule has 0 aliphatic heterocycles. The van der Waals surface area contributed by atoms with Gasteiger partial charge in [0, 0.05) is 6.54 Å². The molecule has 0 aliphatic carbocycles. The van der Waals surface area contributed by atoms with Crippen LogP contribution in [0.2, 0.25) is 0 Å². The van der Waals surface area contributed by atoms with Gasteiger partial charge in [0.2, 0.25) is 5.91 Å². The van der Waals surface area contributed by atoms with E-state index in [1.807, 2.05) is 18.2 Å². The summed E-state index contributed by atoms with van der Waals surface area (Å²) in [5.41, 5.74) is 6.05.